The van der Waals surface area contributed by atoms with Gasteiger partial charge in [0.2, 0.25) is 0 Å². The number of hydrogen-bond donors (Lipinski definition) is 1. The second-order valence-electron chi connectivity index (χ2n) is 9.37. The fraction of sp³-hybridized carbons (Fsp3) is 0.156. The average Bonchev–Trinajstić information content (AvgIpc) is 3.32. The molecule has 0 fully saturated rings. The van der Waals surface area contributed by atoms with Gasteiger partial charge in [0.25, 0.3) is 0 Å². The molecule has 0 atom stereocenters. The Kier molecular flexibility index (Phi) is 8.04. The summed E-state index contributed by atoms with van der Waals surface area (Å²) in [4.78, 5) is 19.3. The number of ether oxygens (including phenoxy) is 2. The van der Waals surface area contributed by atoms with Crippen LogP contribution in [-0.4, -0.2) is 34.3 Å². The Hall–Kier alpha value is -5.07. The van der Waals surface area contributed by atoms with Gasteiger partial charge in [-0.05, 0) is 59.2 Å². The van der Waals surface area contributed by atoms with Gasteiger partial charge in [-0.2, -0.15) is 0 Å². The lowest BCUT2D eigenvalue weighted by molar-refractivity contribution is 0.0697. The normalized spacial score (nSPS) is 11.0. The van der Waals surface area contributed by atoms with Gasteiger partial charge < -0.3 is 19.1 Å². The molecular formula is C32H25F2N3O4. The third-order valence-electron chi connectivity index (χ3n) is 6.72. The fourth-order valence-corrected chi connectivity index (χ4v) is 4.56. The van der Waals surface area contributed by atoms with Crippen LogP contribution in [0.5, 0.6) is 5.75 Å². The zero-order valence-electron chi connectivity index (χ0n) is 22.1. The van der Waals surface area contributed by atoms with Crippen molar-refractivity contribution in [3.05, 3.63) is 124 Å². The van der Waals surface area contributed by atoms with Crippen molar-refractivity contribution in [1.82, 2.24) is 9.55 Å². The molecule has 1 heterocycles. The zero-order valence-corrected chi connectivity index (χ0v) is 22.1. The summed E-state index contributed by atoms with van der Waals surface area (Å²) in [7, 11) is 1.58. The number of nitrogens with zero attached hydrogens (tertiary/aromatic N) is 3. The molecule has 1 N–H and O–H groups in total. The van der Waals surface area contributed by atoms with E-state index in [0.717, 1.165) is 5.56 Å². The van der Waals surface area contributed by atoms with Crippen LogP contribution in [0.15, 0.2) is 78.9 Å². The Balaban J connectivity index is 1.36. The maximum absolute atomic E-state index is 15.4. The number of fused-ring (bicyclic) bond motifs is 1. The van der Waals surface area contributed by atoms with E-state index in [2.05, 4.69) is 9.83 Å². The van der Waals surface area contributed by atoms with Crippen LogP contribution in [0, 0.1) is 18.2 Å². The van der Waals surface area contributed by atoms with Gasteiger partial charge in [-0.3, -0.25) is 0 Å². The lowest BCUT2D eigenvalue weighted by Crippen LogP contribution is -2.10. The molecule has 5 rings (SSSR count). The van der Waals surface area contributed by atoms with Crippen LogP contribution in [0.25, 0.3) is 27.0 Å². The molecule has 0 aliphatic carbocycles. The van der Waals surface area contributed by atoms with Crippen LogP contribution in [0.3, 0.4) is 0 Å². The van der Waals surface area contributed by atoms with E-state index in [1.807, 2.05) is 16.7 Å². The first-order valence-corrected chi connectivity index (χ1v) is 12.7. The smallest absolute Gasteiger partial charge is 0.335 e. The molecule has 0 saturated carbocycles. The molecule has 4 aromatic carbocycles. The number of halogens is 2. The number of benzene rings is 4. The number of imidazole rings is 1. The summed E-state index contributed by atoms with van der Waals surface area (Å²) in [5.74, 6) is -0.865. The molecule has 0 saturated heterocycles. The molecule has 1 aromatic heterocycles. The highest BCUT2D eigenvalue weighted by Gasteiger charge is 2.16. The first-order valence-electron chi connectivity index (χ1n) is 12.7. The number of methoxy groups -OCH3 is 1. The van der Waals surface area contributed by atoms with Crippen molar-refractivity contribution in [2.75, 3.05) is 13.7 Å². The molecule has 7 nitrogen and oxygen atoms in total. The molecule has 206 valence electrons. The number of carbonyl (C=O) groups is 1. The molecule has 0 amide bonds. The summed E-state index contributed by atoms with van der Waals surface area (Å²) in [6.45, 7) is 7.79. The minimum Gasteiger partial charge on any atom is -0.489 e. The average molecular weight is 554 g/mol. The van der Waals surface area contributed by atoms with Crippen LogP contribution < -0.4 is 4.74 Å². The maximum atomic E-state index is 15.4. The van der Waals surface area contributed by atoms with Crippen molar-refractivity contribution >= 4 is 22.7 Å². The van der Waals surface area contributed by atoms with E-state index in [4.69, 9.17) is 16.0 Å². The van der Waals surface area contributed by atoms with Crippen molar-refractivity contribution in [3.8, 4) is 16.9 Å². The molecule has 0 radical (unpaired) electrons. The van der Waals surface area contributed by atoms with Gasteiger partial charge in [0, 0.05) is 25.6 Å². The molecule has 5 aromatic rings. The molecular weight excluding hydrogens is 528 g/mol. The minimum atomic E-state index is -1.04. The minimum absolute atomic E-state index is 0.0150. The van der Waals surface area contributed by atoms with Crippen molar-refractivity contribution in [1.29, 1.82) is 0 Å². The predicted octanol–water partition coefficient (Wildman–Crippen LogP) is 7.05. The number of carboxylic acids is 1. The van der Waals surface area contributed by atoms with Crippen LogP contribution in [0.4, 0.5) is 14.5 Å². The van der Waals surface area contributed by atoms with Gasteiger partial charge in [-0.25, -0.2) is 23.4 Å². The Morgan fingerprint density at radius 3 is 2.49 bits per heavy atom. The van der Waals surface area contributed by atoms with Gasteiger partial charge in [0.15, 0.2) is 5.69 Å². The fourth-order valence-electron chi connectivity index (χ4n) is 4.56. The monoisotopic (exact) mass is 553 g/mol. The van der Waals surface area contributed by atoms with Gasteiger partial charge in [0.05, 0.1) is 29.8 Å². The van der Waals surface area contributed by atoms with Crippen molar-refractivity contribution in [2.24, 2.45) is 0 Å². The summed E-state index contributed by atoms with van der Waals surface area (Å²) < 4.78 is 42.4. The van der Waals surface area contributed by atoms with Gasteiger partial charge in [0.1, 0.15) is 29.8 Å². The van der Waals surface area contributed by atoms with E-state index in [9.17, 15) is 14.3 Å². The highest BCUT2D eigenvalue weighted by atomic mass is 19.1. The molecule has 9 heteroatoms. The van der Waals surface area contributed by atoms with Crippen molar-refractivity contribution < 1.29 is 28.2 Å². The Morgan fingerprint density at radius 2 is 1.76 bits per heavy atom. The van der Waals surface area contributed by atoms with E-state index >= 15 is 4.39 Å². The van der Waals surface area contributed by atoms with Crippen LogP contribution in [-0.2, 0) is 24.3 Å². The first kappa shape index (κ1) is 27.5. The van der Waals surface area contributed by atoms with E-state index < -0.39 is 17.6 Å². The highest BCUT2D eigenvalue weighted by molar-refractivity contribution is 5.92. The van der Waals surface area contributed by atoms with E-state index in [1.54, 1.807) is 43.5 Å². The zero-order chi connectivity index (χ0) is 28.9. The molecule has 41 heavy (non-hydrogen) atoms. The van der Waals surface area contributed by atoms with E-state index in [1.165, 1.54) is 30.3 Å². The first-order chi connectivity index (χ1) is 19.9. The summed E-state index contributed by atoms with van der Waals surface area (Å²) >= 11 is 0. The molecule has 0 unspecified atom stereocenters. The van der Waals surface area contributed by atoms with Crippen molar-refractivity contribution in [3.63, 3.8) is 0 Å². The quantitative estimate of drug-likeness (QED) is 0.188. The van der Waals surface area contributed by atoms with Gasteiger partial charge in [-0.15, -0.1) is 0 Å². The van der Waals surface area contributed by atoms with Gasteiger partial charge >= 0.3 is 5.97 Å². The van der Waals surface area contributed by atoms with Crippen LogP contribution in [0.1, 0.15) is 27.3 Å². The van der Waals surface area contributed by atoms with E-state index in [0.29, 0.717) is 52.4 Å². The molecule has 0 aliphatic heterocycles. The summed E-state index contributed by atoms with van der Waals surface area (Å²) in [6.07, 6.45) is 0.202. The molecule has 0 spiro atoms. The van der Waals surface area contributed by atoms with Crippen LogP contribution in [0.2, 0.25) is 0 Å². The number of aromatic nitrogens is 2. The van der Waals surface area contributed by atoms with Gasteiger partial charge in [-0.1, -0.05) is 36.4 Å². The summed E-state index contributed by atoms with van der Waals surface area (Å²) in [6, 6.07) is 21.0. The van der Waals surface area contributed by atoms with E-state index in [-0.39, 0.29) is 24.3 Å². The molecule has 0 aliphatic rings. The second-order valence-corrected chi connectivity index (χ2v) is 9.37. The lowest BCUT2D eigenvalue weighted by atomic mass is 10.0. The molecule has 0 bridgehead atoms. The number of carboxylic acid groups (broad SMARTS) is 1. The summed E-state index contributed by atoms with van der Waals surface area (Å²) in [5, 5.41) is 9.40. The maximum Gasteiger partial charge on any atom is 0.335 e. The Morgan fingerprint density at radius 1 is 0.976 bits per heavy atom. The standard InChI is InChI=1S/C32H25F2N3O4/c1-35-25-10-8-24(28(34)18-25)19-41-26-5-3-4-20(14-26)21-6-7-22(27(33)15-21)17-31-36-29-11-9-23(32(38)39)16-30(29)37(31)12-13-40-2/h3-11,14-16,18H,12-13,17,19H2,2H3,(H,38,39). The number of rotatable bonds is 10. The Labute approximate surface area is 235 Å². The Bertz CT molecular complexity index is 1790. The highest BCUT2D eigenvalue weighted by Crippen LogP contribution is 2.28. The SMILES string of the molecule is [C-]#[N+]c1ccc(COc2cccc(-c3ccc(Cc4nc5ccc(C(=O)O)cc5n4CCOC)c(F)c3)c2)c(F)c1. The second kappa shape index (κ2) is 12.0. The van der Waals surface area contributed by atoms with Crippen molar-refractivity contribution in [2.45, 2.75) is 19.6 Å². The predicted molar refractivity (Wildman–Crippen MR) is 150 cm³/mol. The summed E-state index contributed by atoms with van der Waals surface area (Å²) in [5.41, 5.74) is 3.77. The largest absolute Gasteiger partial charge is 0.489 e. The third kappa shape index (κ3) is 6.08. The number of aromatic carboxylic acids is 1. The van der Waals surface area contributed by atoms with Crippen LogP contribution >= 0.6 is 0 Å². The topological polar surface area (TPSA) is 77.9 Å². The number of hydrogen-bond acceptors (Lipinski definition) is 4. The third-order valence-corrected chi connectivity index (χ3v) is 6.72. The lowest BCUT2D eigenvalue weighted by Gasteiger charge is -2.12.